The summed E-state index contributed by atoms with van der Waals surface area (Å²) in [6.45, 7) is 3.82. The van der Waals surface area contributed by atoms with Crippen LogP contribution in [0.2, 0.25) is 0 Å². The lowest BCUT2D eigenvalue weighted by molar-refractivity contribution is -0.137. The van der Waals surface area contributed by atoms with Crippen LogP contribution in [0.3, 0.4) is 0 Å². The van der Waals surface area contributed by atoms with E-state index in [1.54, 1.807) is 7.11 Å². The molecule has 1 unspecified atom stereocenters. The number of hydrogen-bond donors (Lipinski definition) is 1. The van der Waals surface area contributed by atoms with Crippen molar-refractivity contribution < 1.29 is 14.6 Å². The molecule has 3 nitrogen and oxygen atoms in total. The van der Waals surface area contributed by atoms with E-state index in [1.165, 1.54) is 5.56 Å². The molecular formula is C15H20O3. The zero-order chi connectivity index (χ0) is 13.4. The smallest absolute Gasteiger partial charge is 0.303 e. The standard InChI is InChI=1S/C15H20O3/c1-3-12(6-5-9-15(16)17)10-13-7-4-8-14(11-13)18-2/h3-4,7-8,11-12H,1,5-6,9-10H2,2H3,(H,16,17). The first-order chi connectivity index (χ1) is 8.65. The molecule has 0 aliphatic carbocycles. The van der Waals surface area contributed by atoms with Crippen LogP contribution in [0, 0.1) is 5.92 Å². The van der Waals surface area contributed by atoms with Crippen molar-refractivity contribution in [2.75, 3.05) is 7.11 Å². The molecule has 0 heterocycles. The van der Waals surface area contributed by atoms with Gasteiger partial charge < -0.3 is 9.84 Å². The second-order valence-corrected chi connectivity index (χ2v) is 4.34. The third-order valence-corrected chi connectivity index (χ3v) is 2.93. The van der Waals surface area contributed by atoms with Gasteiger partial charge >= 0.3 is 5.97 Å². The Morgan fingerprint density at radius 3 is 2.94 bits per heavy atom. The number of methoxy groups -OCH3 is 1. The Morgan fingerprint density at radius 2 is 2.33 bits per heavy atom. The van der Waals surface area contributed by atoms with Crippen molar-refractivity contribution in [1.82, 2.24) is 0 Å². The SMILES string of the molecule is C=CC(CCCC(=O)O)Cc1cccc(OC)c1. The average Bonchev–Trinajstić information content (AvgIpc) is 2.37. The summed E-state index contributed by atoms with van der Waals surface area (Å²) in [6, 6.07) is 7.94. The van der Waals surface area contributed by atoms with Gasteiger partial charge in [0, 0.05) is 6.42 Å². The van der Waals surface area contributed by atoms with Crippen LogP contribution in [0.5, 0.6) is 5.75 Å². The molecule has 0 amide bonds. The Hall–Kier alpha value is -1.77. The van der Waals surface area contributed by atoms with Gasteiger partial charge in [0.25, 0.3) is 0 Å². The first kappa shape index (κ1) is 14.3. The summed E-state index contributed by atoms with van der Waals surface area (Å²) in [4.78, 5) is 10.5. The molecule has 0 spiro atoms. The second kappa shape index (κ2) is 7.54. The van der Waals surface area contributed by atoms with Gasteiger partial charge in [-0.25, -0.2) is 0 Å². The minimum Gasteiger partial charge on any atom is -0.497 e. The van der Waals surface area contributed by atoms with E-state index in [2.05, 4.69) is 12.6 Å². The van der Waals surface area contributed by atoms with Crippen LogP contribution >= 0.6 is 0 Å². The summed E-state index contributed by atoms with van der Waals surface area (Å²) in [7, 11) is 1.65. The highest BCUT2D eigenvalue weighted by molar-refractivity contribution is 5.66. The first-order valence-electron chi connectivity index (χ1n) is 6.13. The summed E-state index contributed by atoms with van der Waals surface area (Å²) >= 11 is 0. The van der Waals surface area contributed by atoms with Crippen LogP contribution in [-0.4, -0.2) is 18.2 Å². The van der Waals surface area contributed by atoms with Crippen molar-refractivity contribution in [3.63, 3.8) is 0 Å². The fourth-order valence-electron chi connectivity index (χ4n) is 1.92. The van der Waals surface area contributed by atoms with Gasteiger partial charge in [-0.3, -0.25) is 4.79 Å². The van der Waals surface area contributed by atoms with Crippen LogP contribution in [0.4, 0.5) is 0 Å². The topological polar surface area (TPSA) is 46.5 Å². The largest absolute Gasteiger partial charge is 0.497 e. The summed E-state index contributed by atoms with van der Waals surface area (Å²) in [6.07, 6.45) is 4.55. The second-order valence-electron chi connectivity index (χ2n) is 4.34. The Bertz CT molecular complexity index is 398. The third-order valence-electron chi connectivity index (χ3n) is 2.93. The zero-order valence-corrected chi connectivity index (χ0v) is 10.8. The Morgan fingerprint density at radius 1 is 1.56 bits per heavy atom. The lowest BCUT2D eigenvalue weighted by Gasteiger charge is -2.12. The molecule has 98 valence electrons. The quantitative estimate of drug-likeness (QED) is 0.718. The molecule has 0 bridgehead atoms. The maximum absolute atomic E-state index is 10.5. The lowest BCUT2D eigenvalue weighted by atomic mass is 9.94. The van der Waals surface area contributed by atoms with Gasteiger partial charge in [0.1, 0.15) is 5.75 Å². The van der Waals surface area contributed by atoms with Gasteiger partial charge in [-0.15, -0.1) is 6.58 Å². The molecule has 0 fully saturated rings. The van der Waals surface area contributed by atoms with E-state index in [-0.39, 0.29) is 6.42 Å². The maximum Gasteiger partial charge on any atom is 0.303 e. The van der Waals surface area contributed by atoms with Gasteiger partial charge in [0.15, 0.2) is 0 Å². The predicted molar refractivity (Wildman–Crippen MR) is 71.9 cm³/mol. The van der Waals surface area contributed by atoms with Crippen LogP contribution in [-0.2, 0) is 11.2 Å². The molecule has 0 radical (unpaired) electrons. The number of aliphatic carboxylic acids is 1. The van der Waals surface area contributed by atoms with Gasteiger partial charge in [-0.2, -0.15) is 0 Å². The molecule has 0 saturated heterocycles. The number of benzene rings is 1. The lowest BCUT2D eigenvalue weighted by Crippen LogP contribution is -2.03. The number of rotatable bonds is 8. The van der Waals surface area contributed by atoms with Crippen LogP contribution in [0.1, 0.15) is 24.8 Å². The third kappa shape index (κ3) is 5.04. The predicted octanol–water partition coefficient (Wildman–Crippen LogP) is 3.29. The molecule has 1 atom stereocenters. The molecule has 1 aromatic carbocycles. The van der Waals surface area contributed by atoms with Crippen molar-refractivity contribution in [1.29, 1.82) is 0 Å². The minimum absolute atomic E-state index is 0.225. The van der Waals surface area contributed by atoms with E-state index < -0.39 is 5.97 Å². The number of carboxylic acid groups (broad SMARTS) is 1. The van der Waals surface area contributed by atoms with Crippen molar-refractivity contribution in [2.45, 2.75) is 25.7 Å². The molecule has 0 aliphatic heterocycles. The van der Waals surface area contributed by atoms with Gasteiger partial charge in [-0.05, 0) is 42.9 Å². The van der Waals surface area contributed by atoms with Crippen molar-refractivity contribution >= 4 is 5.97 Å². The molecule has 0 aliphatic rings. The highest BCUT2D eigenvalue weighted by Gasteiger charge is 2.07. The molecule has 18 heavy (non-hydrogen) atoms. The van der Waals surface area contributed by atoms with Crippen molar-refractivity contribution in [3.8, 4) is 5.75 Å². The van der Waals surface area contributed by atoms with E-state index in [0.717, 1.165) is 18.6 Å². The van der Waals surface area contributed by atoms with Crippen molar-refractivity contribution in [3.05, 3.63) is 42.5 Å². The van der Waals surface area contributed by atoms with Crippen LogP contribution in [0.25, 0.3) is 0 Å². The van der Waals surface area contributed by atoms with Crippen molar-refractivity contribution in [2.24, 2.45) is 5.92 Å². The number of allylic oxidation sites excluding steroid dienone is 1. The normalized spacial score (nSPS) is 11.8. The van der Waals surface area contributed by atoms with E-state index in [4.69, 9.17) is 9.84 Å². The summed E-state index contributed by atoms with van der Waals surface area (Å²) in [5.74, 6) is 0.427. The number of carboxylic acids is 1. The van der Waals surface area contributed by atoms with Crippen LogP contribution < -0.4 is 4.74 Å². The number of carbonyl (C=O) groups is 1. The first-order valence-corrected chi connectivity index (χ1v) is 6.13. The van der Waals surface area contributed by atoms with E-state index >= 15 is 0 Å². The van der Waals surface area contributed by atoms with E-state index in [9.17, 15) is 4.79 Å². The zero-order valence-electron chi connectivity index (χ0n) is 10.8. The molecule has 0 saturated carbocycles. The Labute approximate surface area is 108 Å². The Balaban J connectivity index is 2.51. The highest BCUT2D eigenvalue weighted by Crippen LogP contribution is 2.19. The van der Waals surface area contributed by atoms with Gasteiger partial charge in [0.05, 0.1) is 7.11 Å². The fourth-order valence-corrected chi connectivity index (χ4v) is 1.92. The monoisotopic (exact) mass is 248 g/mol. The van der Waals surface area contributed by atoms with Crippen LogP contribution in [0.15, 0.2) is 36.9 Å². The Kier molecular flexibility index (Phi) is 5.98. The van der Waals surface area contributed by atoms with Gasteiger partial charge in [0.2, 0.25) is 0 Å². The van der Waals surface area contributed by atoms with E-state index in [1.807, 2.05) is 24.3 Å². The summed E-state index contributed by atoms with van der Waals surface area (Å²) in [5, 5.41) is 8.61. The number of ether oxygens (including phenoxy) is 1. The summed E-state index contributed by atoms with van der Waals surface area (Å²) in [5.41, 5.74) is 1.19. The number of hydrogen-bond acceptors (Lipinski definition) is 2. The summed E-state index contributed by atoms with van der Waals surface area (Å²) < 4.78 is 5.18. The highest BCUT2D eigenvalue weighted by atomic mass is 16.5. The molecular weight excluding hydrogens is 228 g/mol. The molecule has 3 heteroatoms. The molecule has 1 aromatic rings. The minimum atomic E-state index is -0.737. The average molecular weight is 248 g/mol. The molecule has 1 N–H and O–H groups in total. The van der Waals surface area contributed by atoms with Gasteiger partial charge in [-0.1, -0.05) is 18.2 Å². The fraction of sp³-hybridized carbons (Fsp3) is 0.400. The molecule has 1 rings (SSSR count). The maximum atomic E-state index is 10.5. The molecule has 0 aromatic heterocycles. The van der Waals surface area contributed by atoms with E-state index in [0.29, 0.717) is 12.3 Å².